The van der Waals surface area contributed by atoms with E-state index in [9.17, 15) is 4.79 Å². The minimum absolute atomic E-state index is 0.0485. The number of hydrogen-bond acceptors (Lipinski definition) is 2. The smallest absolute Gasteiger partial charge is 0.317 e. The van der Waals surface area contributed by atoms with Crippen molar-refractivity contribution in [3.05, 3.63) is 34.9 Å². The first kappa shape index (κ1) is 15.5. The third-order valence-electron chi connectivity index (χ3n) is 3.61. The Morgan fingerprint density at radius 1 is 1.30 bits per heavy atom. The van der Waals surface area contributed by atoms with Crippen LogP contribution in [0.2, 0.25) is 5.02 Å². The maximum Gasteiger partial charge on any atom is 0.317 e. The molecule has 0 unspecified atom stereocenters. The molecule has 1 fully saturated rings. The van der Waals surface area contributed by atoms with Crippen LogP contribution in [0.3, 0.4) is 0 Å². The first-order valence-electron chi connectivity index (χ1n) is 6.85. The van der Waals surface area contributed by atoms with Crippen LogP contribution in [0.1, 0.15) is 19.4 Å². The van der Waals surface area contributed by atoms with Crippen LogP contribution in [-0.4, -0.2) is 42.1 Å². The fourth-order valence-corrected chi connectivity index (χ4v) is 3.21. The number of hydrogen-bond donors (Lipinski definition) is 1. The van der Waals surface area contributed by atoms with Crippen molar-refractivity contribution in [1.29, 1.82) is 0 Å². The van der Waals surface area contributed by atoms with Crippen molar-refractivity contribution in [2.75, 3.05) is 31.1 Å². The van der Waals surface area contributed by atoms with Crippen LogP contribution in [0.25, 0.3) is 0 Å². The topological polar surface area (TPSA) is 32.3 Å². The summed E-state index contributed by atoms with van der Waals surface area (Å²) in [5.41, 5.74) is 1.07. The molecule has 110 valence electrons. The lowest BCUT2D eigenvalue weighted by Crippen LogP contribution is -2.47. The zero-order valence-corrected chi connectivity index (χ0v) is 13.6. The Morgan fingerprint density at radius 2 is 1.90 bits per heavy atom. The maximum absolute atomic E-state index is 12.1. The van der Waals surface area contributed by atoms with Crippen molar-refractivity contribution in [3.8, 4) is 0 Å². The fraction of sp³-hybridized carbons (Fsp3) is 0.533. The summed E-state index contributed by atoms with van der Waals surface area (Å²) in [5.74, 6) is 2.07. The second-order valence-electron chi connectivity index (χ2n) is 5.65. The van der Waals surface area contributed by atoms with E-state index in [1.807, 2.05) is 40.9 Å². The number of amides is 2. The molecule has 0 radical (unpaired) electrons. The summed E-state index contributed by atoms with van der Waals surface area (Å²) in [4.78, 5) is 14.0. The van der Waals surface area contributed by atoms with E-state index in [2.05, 4.69) is 19.2 Å². The first-order valence-corrected chi connectivity index (χ1v) is 8.39. The van der Waals surface area contributed by atoms with Crippen LogP contribution in [0.4, 0.5) is 4.79 Å². The van der Waals surface area contributed by atoms with Crippen LogP contribution < -0.4 is 5.32 Å². The van der Waals surface area contributed by atoms with Gasteiger partial charge in [0, 0.05) is 41.6 Å². The lowest BCUT2D eigenvalue weighted by atomic mass is 9.85. The van der Waals surface area contributed by atoms with Crippen LogP contribution in [0.5, 0.6) is 0 Å². The van der Waals surface area contributed by atoms with Gasteiger partial charge in [-0.2, -0.15) is 11.8 Å². The minimum atomic E-state index is -0.106. The van der Waals surface area contributed by atoms with Crippen molar-refractivity contribution in [2.24, 2.45) is 0 Å². The first-order chi connectivity index (χ1) is 9.49. The highest BCUT2D eigenvalue weighted by Gasteiger charge is 2.23. The van der Waals surface area contributed by atoms with Crippen LogP contribution >= 0.6 is 23.4 Å². The summed E-state index contributed by atoms with van der Waals surface area (Å²) in [6, 6.07) is 7.87. The minimum Gasteiger partial charge on any atom is -0.337 e. The van der Waals surface area contributed by atoms with E-state index in [1.165, 1.54) is 5.56 Å². The molecule has 1 heterocycles. The van der Waals surface area contributed by atoms with Crippen molar-refractivity contribution >= 4 is 29.4 Å². The summed E-state index contributed by atoms with van der Waals surface area (Å²) in [6.07, 6.45) is 0. The highest BCUT2D eigenvalue weighted by Crippen LogP contribution is 2.24. The molecular weight excluding hydrogens is 292 g/mol. The zero-order valence-electron chi connectivity index (χ0n) is 12.0. The van der Waals surface area contributed by atoms with Gasteiger partial charge in [-0.05, 0) is 17.7 Å². The quantitative estimate of drug-likeness (QED) is 0.928. The zero-order chi connectivity index (χ0) is 14.6. The SMILES string of the molecule is CC(C)(CNC(=O)N1CCSCC1)c1ccc(Cl)cc1. The predicted octanol–water partition coefficient (Wildman–Crippen LogP) is 3.38. The van der Waals surface area contributed by atoms with Crippen LogP contribution in [-0.2, 0) is 5.41 Å². The number of nitrogens with zero attached hydrogens (tertiary/aromatic N) is 1. The molecule has 1 aliphatic rings. The molecule has 20 heavy (non-hydrogen) atoms. The van der Waals surface area contributed by atoms with Crippen molar-refractivity contribution in [1.82, 2.24) is 10.2 Å². The van der Waals surface area contributed by atoms with Gasteiger partial charge in [0.05, 0.1) is 0 Å². The van der Waals surface area contributed by atoms with E-state index in [4.69, 9.17) is 11.6 Å². The third-order valence-corrected chi connectivity index (χ3v) is 4.80. The summed E-state index contributed by atoms with van der Waals surface area (Å²) >= 11 is 7.82. The molecular formula is C15H21ClN2OS. The summed E-state index contributed by atoms with van der Waals surface area (Å²) in [7, 11) is 0. The van der Waals surface area contributed by atoms with E-state index >= 15 is 0 Å². The van der Waals surface area contributed by atoms with Crippen molar-refractivity contribution < 1.29 is 4.79 Å². The number of halogens is 1. The second-order valence-corrected chi connectivity index (χ2v) is 7.31. The van der Waals surface area contributed by atoms with E-state index in [0.29, 0.717) is 6.54 Å². The van der Waals surface area contributed by atoms with E-state index in [1.54, 1.807) is 0 Å². The van der Waals surface area contributed by atoms with Gasteiger partial charge in [-0.1, -0.05) is 37.6 Å². The van der Waals surface area contributed by atoms with E-state index in [-0.39, 0.29) is 11.4 Å². The molecule has 1 aliphatic heterocycles. The average molecular weight is 313 g/mol. The molecule has 2 amide bonds. The van der Waals surface area contributed by atoms with Gasteiger partial charge in [0.2, 0.25) is 0 Å². The molecule has 0 atom stereocenters. The molecule has 0 aromatic heterocycles. The van der Waals surface area contributed by atoms with Gasteiger partial charge in [0.15, 0.2) is 0 Å². The fourth-order valence-electron chi connectivity index (χ4n) is 2.18. The van der Waals surface area contributed by atoms with Crippen LogP contribution in [0, 0.1) is 0 Å². The van der Waals surface area contributed by atoms with Gasteiger partial charge in [-0.3, -0.25) is 0 Å². The summed E-state index contributed by atoms with van der Waals surface area (Å²) in [5, 5.41) is 3.79. The average Bonchev–Trinajstić information content (AvgIpc) is 2.46. The van der Waals surface area contributed by atoms with Crippen molar-refractivity contribution in [2.45, 2.75) is 19.3 Å². The Bertz CT molecular complexity index is 455. The van der Waals surface area contributed by atoms with Gasteiger partial charge in [-0.25, -0.2) is 4.79 Å². The molecule has 5 heteroatoms. The normalized spacial score (nSPS) is 16.1. The van der Waals surface area contributed by atoms with Gasteiger partial charge in [-0.15, -0.1) is 0 Å². The summed E-state index contributed by atoms with van der Waals surface area (Å²) < 4.78 is 0. The molecule has 2 rings (SSSR count). The van der Waals surface area contributed by atoms with E-state index in [0.717, 1.165) is 29.6 Å². The molecule has 0 bridgehead atoms. The Morgan fingerprint density at radius 3 is 2.50 bits per heavy atom. The Hall–Kier alpha value is -0.870. The number of urea groups is 1. The maximum atomic E-state index is 12.1. The molecule has 0 saturated carbocycles. The second kappa shape index (κ2) is 6.72. The van der Waals surface area contributed by atoms with Crippen LogP contribution in [0.15, 0.2) is 24.3 Å². The lowest BCUT2D eigenvalue weighted by molar-refractivity contribution is 0.200. The molecule has 0 aliphatic carbocycles. The standard InChI is InChI=1S/C15H21ClN2OS/c1-15(2,12-3-5-13(16)6-4-12)11-17-14(19)18-7-9-20-10-8-18/h3-6H,7-11H2,1-2H3,(H,17,19). The molecule has 3 nitrogen and oxygen atoms in total. The third kappa shape index (κ3) is 4.06. The number of rotatable bonds is 3. The molecule has 0 spiro atoms. The Labute approximate surface area is 130 Å². The number of benzene rings is 1. The Balaban J connectivity index is 1.91. The summed E-state index contributed by atoms with van der Waals surface area (Å²) in [6.45, 7) is 6.57. The number of carbonyl (C=O) groups is 1. The van der Waals surface area contributed by atoms with Gasteiger partial charge >= 0.3 is 6.03 Å². The predicted molar refractivity (Wildman–Crippen MR) is 86.8 cm³/mol. The monoisotopic (exact) mass is 312 g/mol. The largest absolute Gasteiger partial charge is 0.337 e. The van der Waals surface area contributed by atoms with Crippen molar-refractivity contribution in [3.63, 3.8) is 0 Å². The highest BCUT2D eigenvalue weighted by molar-refractivity contribution is 7.99. The number of carbonyl (C=O) groups excluding carboxylic acids is 1. The highest BCUT2D eigenvalue weighted by atomic mass is 35.5. The molecule has 1 saturated heterocycles. The number of thioether (sulfide) groups is 1. The number of nitrogens with one attached hydrogen (secondary N) is 1. The molecule has 1 N–H and O–H groups in total. The van der Waals surface area contributed by atoms with Gasteiger partial charge in [0.1, 0.15) is 0 Å². The molecule has 1 aromatic carbocycles. The van der Waals surface area contributed by atoms with Gasteiger partial charge < -0.3 is 10.2 Å². The lowest BCUT2D eigenvalue weighted by Gasteiger charge is -2.30. The Kier molecular flexibility index (Phi) is 5.22. The molecule has 1 aromatic rings. The van der Waals surface area contributed by atoms with E-state index < -0.39 is 0 Å². The van der Waals surface area contributed by atoms with Gasteiger partial charge in [0.25, 0.3) is 0 Å².